The molecule has 0 aromatic carbocycles. The minimum atomic E-state index is -5.91. The van der Waals surface area contributed by atoms with E-state index in [4.69, 9.17) is 0 Å². The number of esters is 1. The van der Waals surface area contributed by atoms with Crippen LogP contribution >= 0.6 is 0 Å². The molecule has 0 aliphatic rings. The fourth-order valence-electron chi connectivity index (χ4n) is 5.50. The van der Waals surface area contributed by atoms with Crippen molar-refractivity contribution in [3.8, 4) is 0 Å². The molecule has 0 amide bonds. The summed E-state index contributed by atoms with van der Waals surface area (Å²) in [4.78, 5) is 10.9. The molecule has 0 N–H and O–H groups in total. The van der Waals surface area contributed by atoms with Crippen LogP contribution in [0.15, 0.2) is 0 Å². The van der Waals surface area contributed by atoms with Gasteiger partial charge in [0.15, 0.2) is 0 Å². The molecule has 0 saturated carbocycles. The van der Waals surface area contributed by atoms with Crippen LogP contribution in [0.5, 0.6) is 0 Å². The molecule has 0 aliphatic heterocycles. The number of alkyl halides is 5. The van der Waals surface area contributed by atoms with Crippen LogP contribution in [0.25, 0.3) is 0 Å². The molecule has 7 heteroatoms. The van der Waals surface area contributed by atoms with E-state index in [1.165, 1.54) is 161 Å². The first-order valence-corrected chi connectivity index (χ1v) is 17.8. The van der Waals surface area contributed by atoms with Crippen LogP contribution in [0.1, 0.15) is 200 Å². The second-order valence-electron chi connectivity index (χ2n) is 12.5. The van der Waals surface area contributed by atoms with Crippen molar-refractivity contribution >= 4 is 5.97 Å². The Balaban J connectivity index is 3.18. The zero-order valence-electron chi connectivity index (χ0n) is 27.1. The third-order valence-corrected chi connectivity index (χ3v) is 8.34. The van der Waals surface area contributed by atoms with Crippen molar-refractivity contribution in [2.24, 2.45) is 0 Å². The molecule has 0 aromatic heterocycles. The highest BCUT2D eigenvalue weighted by atomic mass is 19.4. The number of ether oxygens (including phenoxy) is 1. The smallest absolute Gasteiger partial charge is 0.461 e. The Hall–Kier alpha value is -0.880. The first-order valence-electron chi connectivity index (χ1n) is 17.8. The van der Waals surface area contributed by atoms with E-state index in [1.807, 2.05) is 0 Å². The Morgan fingerprint density at radius 1 is 0.405 bits per heavy atom. The lowest BCUT2D eigenvalue weighted by atomic mass is 10.0. The van der Waals surface area contributed by atoms with Gasteiger partial charge in [0.2, 0.25) is 0 Å². The van der Waals surface area contributed by atoms with E-state index in [9.17, 15) is 26.7 Å². The number of carbonyl (C=O) groups is 1. The molecule has 0 heterocycles. The van der Waals surface area contributed by atoms with Gasteiger partial charge in [-0.2, -0.15) is 22.0 Å². The predicted molar refractivity (Wildman–Crippen MR) is 166 cm³/mol. The van der Waals surface area contributed by atoms with Gasteiger partial charge < -0.3 is 4.74 Å². The number of halogens is 5. The molecule has 252 valence electrons. The Labute approximate surface area is 255 Å². The second kappa shape index (κ2) is 28.9. The largest absolute Gasteiger partial charge is 0.465 e. The minimum Gasteiger partial charge on any atom is -0.461 e. The van der Waals surface area contributed by atoms with E-state index in [2.05, 4.69) is 11.7 Å². The summed E-state index contributed by atoms with van der Waals surface area (Å²) in [7, 11) is 0. The molecule has 0 unspecified atom stereocenters. The number of carbonyl (C=O) groups excluding carboxylic acids is 1. The molecule has 0 fully saturated rings. The maximum Gasteiger partial charge on any atom is 0.465 e. The van der Waals surface area contributed by atoms with Crippen LogP contribution in [0.3, 0.4) is 0 Å². The zero-order chi connectivity index (χ0) is 31.2. The van der Waals surface area contributed by atoms with E-state index < -0.39 is 24.7 Å². The van der Waals surface area contributed by atoms with Crippen molar-refractivity contribution in [3.05, 3.63) is 0 Å². The highest BCUT2D eigenvalue weighted by molar-refractivity contribution is 5.78. The van der Waals surface area contributed by atoms with Crippen molar-refractivity contribution in [1.29, 1.82) is 0 Å². The molecule has 0 atom stereocenters. The average Bonchev–Trinajstić information content (AvgIpc) is 2.95. The lowest BCUT2D eigenvalue weighted by molar-refractivity contribution is -0.280. The van der Waals surface area contributed by atoms with Crippen molar-refractivity contribution in [2.45, 2.75) is 212 Å². The molecule has 0 rings (SSSR count). The quantitative estimate of drug-likeness (QED) is 0.0429. The molecule has 0 aromatic rings. The van der Waals surface area contributed by atoms with Crippen molar-refractivity contribution < 1.29 is 31.5 Å². The van der Waals surface area contributed by atoms with Crippen LogP contribution < -0.4 is 0 Å². The molecule has 0 bridgehead atoms. The molecule has 0 saturated heterocycles. The van der Waals surface area contributed by atoms with E-state index in [0.29, 0.717) is 12.8 Å². The summed E-state index contributed by atoms with van der Waals surface area (Å²) in [5, 5.41) is 0. The summed E-state index contributed by atoms with van der Waals surface area (Å²) in [6.45, 7) is 1.88. The molecule has 0 spiro atoms. The number of unbranched alkanes of at least 4 members (excludes halogenated alkanes) is 29. The minimum absolute atomic E-state index is 0.305. The van der Waals surface area contributed by atoms with Crippen LogP contribution in [-0.4, -0.2) is 24.7 Å². The molecular weight excluding hydrogens is 547 g/mol. The summed E-state index contributed by atoms with van der Waals surface area (Å²) in [6.07, 6.45) is 32.6. The predicted octanol–water partition coefficient (Wildman–Crippen LogP) is 13.5. The Bertz CT molecular complexity index is 580. The number of hydrogen-bond acceptors (Lipinski definition) is 2. The topological polar surface area (TPSA) is 26.3 Å². The van der Waals surface area contributed by atoms with Crippen molar-refractivity contribution in [3.63, 3.8) is 0 Å². The standard InChI is InChI=1S/C35H65F5O2/c1-2-3-4-5-6-7-8-9-10-11-12-13-14-15-16-17-18-19-20-21-22-23-24-25-26-27-28-29-30-31-32-42-33(41)34(36,37)35(38,39)40/h2-32H2,1H3. The Morgan fingerprint density at radius 2 is 0.619 bits per heavy atom. The van der Waals surface area contributed by atoms with Crippen LogP contribution in [0, 0.1) is 0 Å². The fraction of sp³-hybridized carbons (Fsp3) is 0.971. The van der Waals surface area contributed by atoms with Crippen LogP contribution in [-0.2, 0) is 9.53 Å². The summed E-state index contributed by atoms with van der Waals surface area (Å²) in [6, 6.07) is 0. The zero-order valence-corrected chi connectivity index (χ0v) is 27.1. The average molecular weight is 613 g/mol. The highest BCUT2D eigenvalue weighted by Gasteiger charge is 2.64. The summed E-state index contributed by atoms with van der Waals surface area (Å²) in [5.41, 5.74) is 0. The highest BCUT2D eigenvalue weighted by Crippen LogP contribution is 2.36. The molecular formula is C35H65F5O2. The van der Waals surface area contributed by atoms with Crippen LogP contribution in [0.2, 0.25) is 0 Å². The third-order valence-electron chi connectivity index (χ3n) is 8.34. The Morgan fingerprint density at radius 3 is 0.833 bits per heavy atom. The van der Waals surface area contributed by atoms with E-state index in [1.54, 1.807) is 0 Å². The first kappa shape index (κ1) is 41.1. The van der Waals surface area contributed by atoms with E-state index in [0.717, 1.165) is 19.3 Å². The van der Waals surface area contributed by atoms with Gasteiger partial charge in [-0.25, -0.2) is 4.79 Å². The fourth-order valence-corrected chi connectivity index (χ4v) is 5.50. The SMILES string of the molecule is CCCCCCCCCCCCCCCCCCCCCCCCCCCCCCCCOC(=O)C(F)(F)C(F)(F)F. The molecule has 0 aliphatic carbocycles. The van der Waals surface area contributed by atoms with Gasteiger partial charge in [0.05, 0.1) is 6.61 Å². The maximum absolute atomic E-state index is 12.7. The number of rotatable bonds is 32. The van der Waals surface area contributed by atoms with E-state index in [-0.39, 0.29) is 0 Å². The van der Waals surface area contributed by atoms with Gasteiger partial charge in [-0.05, 0) is 6.42 Å². The maximum atomic E-state index is 12.7. The Kier molecular flexibility index (Phi) is 28.3. The lowest BCUT2D eigenvalue weighted by Crippen LogP contribution is -2.45. The lowest BCUT2D eigenvalue weighted by Gasteiger charge is -2.17. The van der Waals surface area contributed by atoms with Crippen molar-refractivity contribution in [1.82, 2.24) is 0 Å². The summed E-state index contributed by atoms with van der Waals surface area (Å²) in [5.74, 6) is -7.94. The van der Waals surface area contributed by atoms with Gasteiger partial charge in [-0.15, -0.1) is 0 Å². The van der Waals surface area contributed by atoms with Crippen molar-refractivity contribution in [2.75, 3.05) is 6.61 Å². The van der Waals surface area contributed by atoms with Gasteiger partial charge in [-0.1, -0.05) is 193 Å². The monoisotopic (exact) mass is 612 g/mol. The molecule has 2 nitrogen and oxygen atoms in total. The number of hydrogen-bond donors (Lipinski definition) is 0. The molecule has 0 radical (unpaired) electrons. The van der Waals surface area contributed by atoms with Gasteiger partial charge in [0.25, 0.3) is 0 Å². The van der Waals surface area contributed by atoms with Gasteiger partial charge >= 0.3 is 18.1 Å². The van der Waals surface area contributed by atoms with Gasteiger partial charge in [0, 0.05) is 0 Å². The molecule has 42 heavy (non-hydrogen) atoms. The third kappa shape index (κ3) is 25.6. The normalized spacial score (nSPS) is 12.2. The summed E-state index contributed by atoms with van der Waals surface area (Å²) < 4.78 is 65.8. The first-order chi connectivity index (χ1) is 20.2. The summed E-state index contributed by atoms with van der Waals surface area (Å²) >= 11 is 0. The second-order valence-corrected chi connectivity index (χ2v) is 12.5. The van der Waals surface area contributed by atoms with E-state index >= 15 is 0 Å². The van der Waals surface area contributed by atoms with Gasteiger partial charge in [0.1, 0.15) is 0 Å². The van der Waals surface area contributed by atoms with Crippen LogP contribution in [0.4, 0.5) is 22.0 Å². The van der Waals surface area contributed by atoms with Gasteiger partial charge in [-0.3, -0.25) is 0 Å².